The van der Waals surface area contributed by atoms with Gasteiger partial charge in [0.25, 0.3) is 0 Å². The second-order valence-electron chi connectivity index (χ2n) is 5.06. The van der Waals surface area contributed by atoms with Gasteiger partial charge in [-0.1, -0.05) is 55.2 Å². The summed E-state index contributed by atoms with van der Waals surface area (Å²) in [7, 11) is 0. The Bertz CT molecular complexity index is 165. The van der Waals surface area contributed by atoms with E-state index in [1.807, 2.05) is 0 Å². The number of hydrogen-bond donors (Lipinski definition) is 0. The first kappa shape index (κ1) is 10.3. The van der Waals surface area contributed by atoms with Crippen molar-refractivity contribution < 1.29 is 0 Å². The van der Waals surface area contributed by atoms with Gasteiger partial charge < -0.3 is 0 Å². The van der Waals surface area contributed by atoms with Crippen LogP contribution in [0.1, 0.15) is 51.9 Å². The second-order valence-corrected chi connectivity index (χ2v) is 7.02. The molecule has 0 bridgehead atoms. The van der Waals surface area contributed by atoms with Gasteiger partial charge in [-0.3, -0.25) is 0 Å². The molecular formula is C12H21I. The van der Waals surface area contributed by atoms with Crippen LogP contribution >= 0.6 is 22.6 Å². The van der Waals surface area contributed by atoms with Crippen molar-refractivity contribution in [1.29, 1.82) is 0 Å². The van der Waals surface area contributed by atoms with Crippen molar-refractivity contribution >= 4 is 22.6 Å². The van der Waals surface area contributed by atoms with Crippen LogP contribution in [0.15, 0.2) is 0 Å². The van der Waals surface area contributed by atoms with E-state index in [0.717, 1.165) is 21.7 Å². The van der Waals surface area contributed by atoms with Gasteiger partial charge in [0.2, 0.25) is 0 Å². The van der Waals surface area contributed by atoms with Crippen molar-refractivity contribution in [3.63, 3.8) is 0 Å². The van der Waals surface area contributed by atoms with Crippen LogP contribution < -0.4 is 0 Å². The van der Waals surface area contributed by atoms with Crippen LogP contribution in [0.4, 0.5) is 0 Å². The molecule has 0 N–H and O–H groups in total. The molecule has 13 heavy (non-hydrogen) atoms. The second kappa shape index (κ2) is 4.50. The molecule has 2 rings (SSSR count). The fraction of sp³-hybridized carbons (Fsp3) is 1.00. The summed E-state index contributed by atoms with van der Waals surface area (Å²) >= 11 is 2.63. The summed E-state index contributed by atoms with van der Waals surface area (Å²) in [5.74, 6) is 3.28. The molecular weight excluding hydrogens is 271 g/mol. The lowest BCUT2D eigenvalue weighted by Gasteiger charge is -2.40. The molecule has 0 aromatic carbocycles. The summed E-state index contributed by atoms with van der Waals surface area (Å²) in [6.07, 6.45) is 10.7. The number of hydrogen-bond acceptors (Lipinski definition) is 0. The van der Waals surface area contributed by atoms with Gasteiger partial charge in [-0.15, -0.1) is 0 Å². The van der Waals surface area contributed by atoms with Gasteiger partial charge in [0.05, 0.1) is 0 Å². The number of alkyl halides is 1. The molecule has 2 fully saturated rings. The maximum absolute atomic E-state index is 2.63. The first-order valence-electron chi connectivity index (χ1n) is 5.91. The minimum absolute atomic E-state index is 0.903. The van der Waals surface area contributed by atoms with Crippen LogP contribution in [-0.2, 0) is 0 Å². The molecule has 0 nitrogen and oxygen atoms in total. The number of fused-ring (bicyclic) bond motifs is 1. The maximum Gasteiger partial charge on any atom is 0.0110 e. The van der Waals surface area contributed by atoms with Crippen LogP contribution in [0.5, 0.6) is 0 Å². The van der Waals surface area contributed by atoms with Crippen molar-refractivity contribution in [2.75, 3.05) is 0 Å². The zero-order valence-electron chi connectivity index (χ0n) is 8.64. The van der Waals surface area contributed by atoms with E-state index in [-0.39, 0.29) is 0 Å². The summed E-state index contributed by atoms with van der Waals surface area (Å²) in [5.41, 5.74) is 0. The van der Waals surface area contributed by atoms with Gasteiger partial charge >= 0.3 is 0 Å². The lowest BCUT2D eigenvalue weighted by Crippen LogP contribution is -2.30. The van der Waals surface area contributed by atoms with E-state index < -0.39 is 0 Å². The molecule has 0 amide bonds. The van der Waals surface area contributed by atoms with E-state index in [0.29, 0.717) is 0 Å². The third-order valence-electron chi connectivity index (χ3n) is 4.23. The standard InChI is InChI=1S/C12H21I/c1-9(13)11-7-6-10-4-2-3-5-12(10)8-11/h9-12H,2-8H2,1H3. The highest BCUT2D eigenvalue weighted by Gasteiger charge is 2.33. The summed E-state index contributed by atoms with van der Waals surface area (Å²) in [6.45, 7) is 2.40. The Hall–Kier alpha value is 0.730. The third-order valence-corrected chi connectivity index (χ3v) is 5.25. The minimum Gasteiger partial charge on any atom is -0.0826 e. The number of halogens is 1. The van der Waals surface area contributed by atoms with Crippen molar-refractivity contribution in [3.8, 4) is 0 Å². The van der Waals surface area contributed by atoms with E-state index in [4.69, 9.17) is 0 Å². The average Bonchev–Trinajstić information content (AvgIpc) is 2.17. The van der Waals surface area contributed by atoms with Crippen LogP contribution in [-0.4, -0.2) is 3.92 Å². The lowest BCUT2D eigenvalue weighted by molar-refractivity contribution is 0.132. The first-order valence-corrected chi connectivity index (χ1v) is 7.16. The summed E-state index contributed by atoms with van der Waals surface area (Å²) in [4.78, 5) is 0. The lowest BCUT2D eigenvalue weighted by atomic mass is 9.67. The zero-order valence-corrected chi connectivity index (χ0v) is 10.8. The van der Waals surface area contributed by atoms with Crippen molar-refractivity contribution in [2.45, 2.75) is 55.8 Å². The number of rotatable bonds is 1. The fourth-order valence-electron chi connectivity index (χ4n) is 3.33. The van der Waals surface area contributed by atoms with Crippen LogP contribution in [0.25, 0.3) is 0 Å². The molecule has 1 heteroatoms. The predicted octanol–water partition coefficient (Wildman–Crippen LogP) is 4.42. The molecule has 0 saturated heterocycles. The van der Waals surface area contributed by atoms with E-state index in [1.54, 1.807) is 25.7 Å². The Balaban J connectivity index is 1.91. The summed E-state index contributed by atoms with van der Waals surface area (Å²) in [6, 6.07) is 0. The molecule has 0 radical (unpaired) electrons. The van der Waals surface area contributed by atoms with Crippen molar-refractivity contribution in [1.82, 2.24) is 0 Å². The molecule has 4 unspecified atom stereocenters. The Morgan fingerprint density at radius 3 is 2.38 bits per heavy atom. The molecule has 76 valence electrons. The van der Waals surface area contributed by atoms with Gasteiger partial charge in [-0.25, -0.2) is 0 Å². The van der Waals surface area contributed by atoms with Gasteiger partial charge in [0.15, 0.2) is 0 Å². The average molecular weight is 292 g/mol. The Morgan fingerprint density at radius 1 is 1.00 bits per heavy atom. The quantitative estimate of drug-likeness (QED) is 0.496. The van der Waals surface area contributed by atoms with E-state index in [2.05, 4.69) is 29.5 Å². The van der Waals surface area contributed by atoms with E-state index in [1.165, 1.54) is 19.3 Å². The minimum atomic E-state index is 0.903. The highest BCUT2D eigenvalue weighted by molar-refractivity contribution is 14.1. The zero-order chi connectivity index (χ0) is 9.26. The highest BCUT2D eigenvalue weighted by Crippen LogP contribution is 2.44. The van der Waals surface area contributed by atoms with E-state index in [9.17, 15) is 0 Å². The van der Waals surface area contributed by atoms with Crippen molar-refractivity contribution in [3.05, 3.63) is 0 Å². The molecule has 0 heterocycles. The molecule has 2 aliphatic carbocycles. The molecule has 0 aromatic rings. The predicted molar refractivity (Wildman–Crippen MR) is 66.3 cm³/mol. The molecule has 2 saturated carbocycles. The molecule has 4 atom stereocenters. The van der Waals surface area contributed by atoms with Crippen LogP contribution in [0, 0.1) is 17.8 Å². The van der Waals surface area contributed by atoms with E-state index >= 15 is 0 Å². The van der Waals surface area contributed by atoms with Crippen LogP contribution in [0.2, 0.25) is 0 Å². The maximum atomic E-state index is 2.63. The fourth-order valence-corrected chi connectivity index (χ4v) is 3.98. The normalized spacial score (nSPS) is 42.5. The topological polar surface area (TPSA) is 0 Å². The van der Waals surface area contributed by atoms with Gasteiger partial charge in [0, 0.05) is 3.92 Å². The molecule has 0 aromatic heterocycles. The van der Waals surface area contributed by atoms with Gasteiger partial charge in [-0.2, -0.15) is 0 Å². The highest BCUT2D eigenvalue weighted by atomic mass is 127. The Morgan fingerprint density at radius 2 is 1.69 bits per heavy atom. The molecule has 0 aliphatic heterocycles. The monoisotopic (exact) mass is 292 g/mol. The smallest absolute Gasteiger partial charge is 0.0110 e. The van der Waals surface area contributed by atoms with Gasteiger partial charge in [-0.05, 0) is 37.0 Å². The first-order chi connectivity index (χ1) is 6.27. The van der Waals surface area contributed by atoms with Gasteiger partial charge in [0.1, 0.15) is 0 Å². The third kappa shape index (κ3) is 2.40. The molecule has 0 spiro atoms. The van der Waals surface area contributed by atoms with Crippen molar-refractivity contribution in [2.24, 2.45) is 17.8 Å². The SMILES string of the molecule is CC(I)C1CCC2CCCCC2C1. The summed E-state index contributed by atoms with van der Waals surface area (Å²) < 4.78 is 0.903. The summed E-state index contributed by atoms with van der Waals surface area (Å²) in [5, 5.41) is 0. The largest absolute Gasteiger partial charge is 0.0826 e. The van der Waals surface area contributed by atoms with Crippen LogP contribution in [0.3, 0.4) is 0 Å². The molecule has 2 aliphatic rings. The Kier molecular flexibility index (Phi) is 3.55. The Labute approximate surface area is 96.0 Å².